The van der Waals surface area contributed by atoms with Gasteiger partial charge in [-0.1, -0.05) is 41.9 Å². The molecule has 0 saturated heterocycles. The molecule has 1 rings (SSSR count). The Kier molecular flexibility index (Phi) is 8.73. The minimum absolute atomic E-state index is 0.179. The highest BCUT2D eigenvalue weighted by molar-refractivity contribution is 5.80. The molecule has 0 aromatic rings. The Morgan fingerprint density at radius 2 is 1.71 bits per heavy atom. The maximum absolute atomic E-state index is 12.0. The van der Waals surface area contributed by atoms with Gasteiger partial charge in [-0.05, 0) is 84.5 Å². The summed E-state index contributed by atoms with van der Waals surface area (Å²) in [6.45, 7) is 13.3. The Bertz CT molecular complexity index is 498. The van der Waals surface area contributed by atoms with Gasteiger partial charge in [-0.15, -0.1) is 0 Å². The fraction of sp³-hybridized carbons (Fsp3) is 0.696. The minimum Gasteiger partial charge on any atom is -0.300 e. The van der Waals surface area contributed by atoms with Gasteiger partial charge in [0.1, 0.15) is 5.78 Å². The lowest BCUT2D eigenvalue weighted by atomic mass is 9.63. The highest BCUT2D eigenvalue weighted by atomic mass is 16.1. The van der Waals surface area contributed by atoms with Gasteiger partial charge in [0.05, 0.1) is 0 Å². The molecule has 0 N–H and O–H groups in total. The van der Waals surface area contributed by atoms with Gasteiger partial charge in [-0.3, -0.25) is 4.79 Å². The van der Waals surface area contributed by atoms with Gasteiger partial charge in [0, 0.05) is 12.8 Å². The number of carbonyl (C=O) groups excluding carboxylic acids is 1. The molecule has 24 heavy (non-hydrogen) atoms. The van der Waals surface area contributed by atoms with Gasteiger partial charge in [-0.25, -0.2) is 0 Å². The molecular weight excluding hydrogens is 292 g/mol. The number of hydrogen-bond donors (Lipinski definition) is 0. The van der Waals surface area contributed by atoms with Crippen LogP contribution < -0.4 is 0 Å². The average molecular weight is 331 g/mol. The Labute approximate surface area is 150 Å². The summed E-state index contributed by atoms with van der Waals surface area (Å²) in [6.07, 6.45) is 15.4. The Morgan fingerprint density at radius 1 is 1.04 bits per heavy atom. The van der Waals surface area contributed by atoms with Crippen molar-refractivity contribution in [3.05, 3.63) is 34.9 Å². The molecule has 0 aromatic heterocycles. The minimum atomic E-state index is 0.179. The number of ketones is 1. The highest BCUT2D eigenvalue weighted by Crippen LogP contribution is 2.45. The van der Waals surface area contributed by atoms with Crippen molar-refractivity contribution in [1.29, 1.82) is 0 Å². The summed E-state index contributed by atoms with van der Waals surface area (Å²) in [5.74, 6) is 1.12. The summed E-state index contributed by atoms with van der Waals surface area (Å²) in [5.41, 5.74) is 4.46. The molecule has 0 aromatic carbocycles. The molecule has 1 heteroatoms. The molecule has 1 aliphatic rings. The lowest BCUT2D eigenvalue weighted by molar-refractivity contribution is -0.125. The number of allylic oxidation sites excluding steroid dienone is 6. The van der Waals surface area contributed by atoms with Crippen LogP contribution in [0, 0.1) is 11.3 Å². The van der Waals surface area contributed by atoms with E-state index in [-0.39, 0.29) is 5.41 Å². The van der Waals surface area contributed by atoms with Crippen molar-refractivity contribution in [2.24, 2.45) is 11.3 Å². The molecule has 136 valence electrons. The van der Waals surface area contributed by atoms with E-state index in [2.05, 4.69) is 59.8 Å². The molecule has 0 bridgehead atoms. The fourth-order valence-electron chi connectivity index (χ4n) is 3.78. The maximum Gasteiger partial charge on any atom is 0.133 e. The van der Waals surface area contributed by atoms with Gasteiger partial charge in [-0.2, -0.15) is 0 Å². The molecule has 1 nitrogen and oxygen atoms in total. The Morgan fingerprint density at radius 3 is 2.33 bits per heavy atom. The van der Waals surface area contributed by atoms with E-state index >= 15 is 0 Å². The first-order valence-corrected chi connectivity index (χ1v) is 9.67. The summed E-state index contributed by atoms with van der Waals surface area (Å²) in [6, 6.07) is 0. The SMILES string of the molecule is CC(C)=CCC/C(C)=C/CC[C@@]1(C)CC(=O)CC[C@@H]1CC=C(C)C. The largest absolute Gasteiger partial charge is 0.300 e. The van der Waals surface area contributed by atoms with Crippen LogP contribution in [0.4, 0.5) is 0 Å². The van der Waals surface area contributed by atoms with Gasteiger partial charge < -0.3 is 0 Å². The third kappa shape index (κ3) is 7.64. The molecule has 0 aliphatic heterocycles. The number of rotatable bonds is 8. The van der Waals surface area contributed by atoms with Crippen molar-refractivity contribution in [3.8, 4) is 0 Å². The van der Waals surface area contributed by atoms with Crippen molar-refractivity contribution in [3.63, 3.8) is 0 Å². The van der Waals surface area contributed by atoms with E-state index in [9.17, 15) is 4.79 Å². The van der Waals surface area contributed by atoms with Crippen LogP contribution in [-0.4, -0.2) is 5.78 Å². The predicted octanol–water partition coefficient (Wildman–Crippen LogP) is 7.19. The van der Waals surface area contributed by atoms with Crippen molar-refractivity contribution in [2.75, 3.05) is 0 Å². The number of Topliss-reactive ketones (excluding diaryl/α,β-unsaturated/α-hetero) is 1. The monoisotopic (exact) mass is 330 g/mol. The first-order valence-electron chi connectivity index (χ1n) is 9.67. The second kappa shape index (κ2) is 10.0. The van der Waals surface area contributed by atoms with Crippen molar-refractivity contribution >= 4 is 5.78 Å². The van der Waals surface area contributed by atoms with E-state index in [0.29, 0.717) is 11.7 Å². The van der Waals surface area contributed by atoms with Crippen molar-refractivity contribution in [2.45, 2.75) is 92.9 Å². The fourth-order valence-corrected chi connectivity index (χ4v) is 3.78. The molecule has 1 fully saturated rings. The van der Waals surface area contributed by atoms with E-state index < -0.39 is 0 Å². The van der Waals surface area contributed by atoms with Crippen LogP contribution in [0.1, 0.15) is 92.9 Å². The smallest absolute Gasteiger partial charge is 0.133 e. The molecule has 0 amide bonds. The molecule has 0 radical (unpaired) electrons. The van der Waals surface area contributed by atoms with Crippen LogP contribution in [0.3, 0.4) is 0 Å². The summed E-state index contributed by atoms with van der Waals surface area (Å²) < 4.78 is 0. The lowest BCUT2D eigenvalue weighted by Gasteiger charge is -2.40. The van der Waals surface area contributed by atoms with E-state index in [1.54, 1.807) is 0 Å². The third-order valence-corrected chi connectivity index (χ3v) is 5.47. The standard InChI is InChI=1S/C23H38O/c1-18(2)9-7-10-20(5)11-8-16-23(6)17-22(24)15-14-21(23)13-12-19(3)4/h9,11-12,21H,7-8,10,13-17H2,1-6H3/b20-11+/t21-,23-/m0/s1. The van der Waals surface area contributed by atoms with Gasteiger partial charge >= 0.3 is 0 Å². The van der Waals surface area contributed by atoms with Crippen LogP contribution >= 0.6 is 0 Å². The van der Waals surface area contributed by atoms with E-state index in [1.807, 2.05) is 0 Å². The summed E-state index contributed by atoms with van der Waals surface area (Å²) >= 11 is 0. The first kappa shape index (κ1) is 20.9. The van der Waals surface area contributed by atoms with Gasteiger partial charge in [0.25, 0.3) is 0 Å². The zero-order valence-corrected chi connectivity index (χ0v) is 16.9. The van der Waals surface area contributed by atoms with Crippen LogP contribution in [0.2, 0.25) is 0 Å². The first-order chi connectivity index (χ1) is 11.2. The summed E-state index contributed by atoms with van der Waals surface area (Å²) in [4.78, 5) is 12.0. The van der Waals surface area contributed by atoms with Crippen LogP contribution in [0.15, 0.2) is 34.9 Å². The molecular formula is C23H38O. The molecule has 0 heterocycles. The van der Waals surface area contributed by atoms with Crippen LogP contribution in [-0.2, 0) is 4.79 Å². The zero-order chi connectivity index (χ0) is 18.2. The third-order valence-electron chi connectivity index (χ3n) is 5.47. The lowest BCUT2D eigenvalue weighted by Crippen LogP contribution is -2.34. The molecule has 0 spiro atoms. The summed E-state index contributed by atoms with van der Waals surface area (Å²) in [5, 5.41) is 0. The Hall–Kier alpha value is -1.11. The van der Waals surface area contributed by atoms with Crippen LogP contribution in [0.5, 0.6) is 0 Å². The maximum atomic E-state index is 12.0. The highest BCUT2D eigenvalue weighted by Gasteiger charge is 2.38. The van der Waals surface area contributed by atoms with Gasteiger partial charge in [0.2, 0.25) is 0 Å². The normalized spacial score (nSPS) is 24.7. The van der Waals surface area contributed by atoms with E-state index in [0.717, 1.165) is 51.4 Å². The molecule has 1 saturated carbocycles. The van der Waals surface area contributed by atoms with Crippen molar-refractivity contribution < 1.29 is 4.79 Å². The van der Waals surface area contributed by atoms with E-state index in [1.165, 1.54) is 16.7 Å². The molecule has 0 unspecified atom stereocenters. The second-order valence-electron chi connectivity index (χ2n) is 8.53. The molecule has 2 atom stereocenters. The summed E-state index contributed by atoms with van der Waals surface area (Å²) in [7, 11) is 0. The predicted molar refractivity (Wildman–Crippen MR) is 106 cm³/mol. The molecule has 1 aliphatic carbocycles. The second-order valence-corrected chi connectivity index (χ2v) is 8.53. The van der Waals surface area contributed by atoms with Gasteiger partial charge in [0.15, 0.2) is 0 Å². The number of carbonyl (C=O) groups is 1. The number of hydrogen-bond acceptors (Lipinski definition) is 1. The average Bonchev–Trinajstić information content (AvgIpc) is 2.45. The Balaban J connectivity index is 2.61. The quantitative estimate of drug-likeness (QED) is 0.430. The van der Waals surface area contributed by atoms with Crippen LogP contribution in [0.25, 0.3) is 0 Å². The zero-order valence-electron chi connectivity index (χ0n) is 16.9. The van der Waals surface area contributed by atoms with E-state index in [4.69, 9.17) is 0 Å². The topological polar surface area (TPSA) is 17.1 Å². The van der Waals surface area contributed by atoms with Crippen molar-refractivity contribution in [1.82, 2.24) is 0 Å².